The topological polar surface area (TPSA) is 26.0 Å². The zero-order valence-electron chi connectivity index (χ0n) is 12.4. The molecule has 2 aromatic rings. The van der Waals surface area contributed by atoms with Crippen LogP contribution in [0.4, 0.5) is 0 Å². The maximum Gasteiger partial charge on any atom is 0.0300 e. The number of rotatable bonds is 3. The molecular formula is C19H23N. The van der Waals surface area contributed by atoms with Gasteiger partial charge < -0.3 is 5.73 Å². The Labute approximate surface area is 121 Å². The molecule has 1 heteroatoms. The summed E-state index contributed by atoms with van der Waals surface area (Å²) in [5, 5.41) is 0. The molecule has 0 amide bonds. The Bertz CT molecular complexity index is 628. The van der Waals surface area contributed by atoms with E-state index in [0.717, 1.165) is 25.7 Å². The molecule has 0 aromatic heterocycles. The molecule has 3 rings (SSSR count). The first kappa shape index (κ1) is 13.4. The molecule has 2 N–H and O–H groups in total. The number of hydrogen-bond donors (Lipinski definition) is 1. The van der Waals surface area contributed by atoms with Crippen LogP contribution in [0.15, 0.2) is 36.4 Å². The molecule has 0 bridgehead atoms. The zero-order valence-corrected chi connectivity index (χ0v) is 12.4. The van der Waals surface area contributed by atoms with E-state index in [-0.39, 0.29) is 6.04 Å². The van der Waals surface area contributed by atoms with Crippen molar-refractivity contribution in [1.82, 2.24) is 0 Å². The predicted molar refractivity (Wildman–Crippen MR) is 85.1 cm³/mol. The fraction of sp³-hybridized carbons (Fsp3) is 0.368. The van der Waals surface area contributed by atoms with Crippen LogP contribution >= 0.6 is 0 Å². The van der Waals surface area contributed by atoms with Crippen molar-refractivity contribution < 1.29 is 0 Å². The van der Waals surface area contributed by atoms with Crippen molar-refractivity contribution in [2.75, 3.05) is 0 Å². The van der Waals surface area contributed by atoms with Crippen LogP contribution in [0.5, 0.6) is 0 Å². The fourth-order valence-electron chi connectivity index (χ4n) is 3.29. The molecule has 1 unspecified atom stereocenters. The summed E-state index contributed by atoms with van der Waals surface area (Å²) in [6, 6.07) is 13.9. The summed E-state index contributed by atoms with van der Waals surface area (Å²) >= 11 is 0. The quantitative estimate of drug-likeness (QED) is 0.888. The first-order valence-electron chi connectivity index (χ1n) is 7.63. The van der Waals surface area contributed by atoms with E-state index < -0.39 is 0 Å². The van der Waals surface area contributed by atoms with Gasteiger partial charge in [-0.15, -0.1) is 0 Å². The highest BCUT2D eigenvalue weighted by atomic mass is 14.6. The predicted octanol–water partition coefficient (Wildman–Crippen LogP) is 4.09. The third-order valence-corrected chi connectivity index (χ3v) is 4.47. The molecule has 1 nitrogen and oxygen atoms in total. The van der Waals surface area contributed by atoms with Crippen LogP contribution in [0.25, 0.3) is 0 Å². The Morgan fingerprint density at radius 1 is 1.10 bits per heavy atom. The molecule has 1 atom stereocenters. The maximum absolute atomic E-state index is 6.11. The summed E-state index contributed by atoms with van der Waals surface area (Å²) in [5.41, 5.74) is 14.6. The van der Waals surface area contributed by atoms with Gasteiger partial charge in [0.25, 0.3) is 0 Å². The molecule has 1 aliphatic rings. The molecule has 1 aliphatic carbocycles. The minimum Gasteiger partial charge on any atom is -0.324 e. The molecule has 20 heavy (non-hydrogen) atoms. The van der Waals surface area contributed by atoms with Crippen LogP contribution in [-0.4, -0.2) is 0 Å². The van der Waals surface area contributed by atoms with Gasteiger partial charge >= 0.3 is 0 Å². The average molecular weight is 265 g/mol. The van der Waals surface area contributed by atoms with Crippen molar-refractivity contribution in [3.8, 4) is 0 Å². The SMILES string of the molecule is CCc1cc(C)ccc1Cc1ccc2c(c1)CCC2N. The first-order chi connectivity index (χ1) is 9.67. The van der Waals surface area contributed by atoms with Gasteiger partial charge in [0.2, 0.25) is 0 Å². The molecule has 0 radical (unpaired) electrons. The lowest BCUT2D eigenvalue weighted by atomic mass is 9.95. The number of hydrogen-bond acceptors (Lipinski definition) is 1. The van der Waals surface area contributed by atoms with Crippen LogP contribution in [0.2, 0.25) is 0 Å². The Kier molecular flexibility index (Phi) is 3.62. The summed E-state index contributed by atoms with van der Waals surface area (Å²) in [7, 11) is 0. The van der Waals surface area contributed by atoms with Crippen molar-refractivity contribution in [3.05, 3.63) is 69.8 Å². The third kappa shape index (κ3) is 2.51. The molecule has 0 aliphatic heterocycles. The fourth-order valence-corrected chi connectivity index (χ4v) is 3.29. The second-order valence-electron chi connectivity index (χ2n) is 5.98. The lowest BCUT2D eigenvalue weighted by molar-refractivity contribution is 0.713. The number of nitrogens with two attached hydrogens (primary N) is 1. The summed E-state index contributed by atoms with van der Waals surface area (Å²) < 4.78 is 0. The van der Waals surface area contributed by atoms with Gasteiger partial charge in [0.15, 0.2) is 0 Å². The average Bonchev–Trinajstić information content (AvgIpc) is 2.82. The van der Waals surface area contributed by atoms with E-state index in [1.165, 1.54) is 33.4 Å². The summed E-state index contributed by atoms with van der Waals surface area (Å²) in [6.07, 6.45) is 4.38. The van der Waals surface area contributed by atoms with Crippen molar-refractivity contribution in [2.24, 2.45) is 5.73 Å². The van der Waals surface area contributed by atoms with Gasteiger partial charge in [-0.05, 0) is 60.4 Å². The molecule has 0 saturated heterocycles. The smallest absolute Gasteiger partial charge is 0.0300 e. The molecule has 104 valence electrons. The number of benzene rings is 2. The van der Waals surface area contributed by atoms with E-state index in [9.17, 15) is 0 Å². The van der Waals surface area contributed by atoms with E-state index in [0.29, 0.717) is 0 Å². The van der Waals surface area contributed by atoms with Crippen molar-refractivity contribution in [1.29, 1.82) is 0 Å². The van der Waals surface area contributed by atoms with Gasteiger partial charge in [0, 0.05) is 6.04 Å². The Hall–Kier alpha value is -1.60. The second-order valence-corrected chi connectivity index (χ2v) is 5.98. The highest BCUT2D eigenvalue weighted by molar-refractivity contribution is 5.41. The van der Waals surface area contributed by atoms with E-state index >= 15 is 0 Å². The molecule has 0 fully saturated rings. The molecule has 0 heterocycles. The highest BCUT2D eigenvalue weighted by Gasteiger charge is 2.18. The largest absolute Gasteiger partial charge is 0.324 e. The number of aryl methyl sites for hydroxylation is 3. The molecular weight excluding hydrogens is 242 g/mol. The third-order valence-electron chi connectivity index (χ3n) is 4.47. The molecule has 0 saturated carbocycles. The van der Waals surface area contributed by atoms with E-state index in [2.05, 4.69) is 50.2 Å². The highest BCUT2D eigenvalue weighted by Crippen LogP contribution is 2.30. The summed E-state index contributed by atoms with van der Waals surface area (Å²) in [5.74, 6) is 0. The van der Waals surface area contributed by atoms with Crippen molar-refractivity contribution >= 4 is 0 Å². The van der Waals surface area contributed by atoms with Gasteiger partial charge in [-0.25, -0.2) is 0 Å². The summed E-state index contributed by atoms with van der Waals surface area (Å²) in [4.78, 5) is 0. The zero-order chi connectivity index (χ0) is 14.1. The normalized spacial score (nSPS) is 17.2. The molecule has 0 spiro atoms. The lowest BCUT2D eigenvalue weighted by Crippen LogP contribution is -2.05. The monoisotopic (exact) mass is 265 g/mol. The van der Waals surface area contributed by atoms with Gasteiger partial charge in [0.05, 0.1) is 0 Å². The standard InChI is InChI=1S/C19H23N/c1-3-15-10-13(2)4-6-16(15)11-14-5-8-18-17(12-14)7-9-19(18)20/h4-6,8,10,12,19H,3,7,9,11,20H2,1-2H3. The van der Waals surface area contributed by atoms with Gasteiger partial charge in [-0.1, -0.05) is 48.9 Å². The first-order valence-corrected chi connectivity index (χ1v) is 7.63. The van der Waals surface area contributed by atoms with Crippen LogP contribution in [0.1, 0.15) is 52.8 Å². The Balaban J connectivity index is 1.89. The van der Waals surface area contributed by atoms with Gasteiger partial charge in [-0.3, -0.25) is 0 Å². The molecule has 2 aromatic carbocycles. The van der Waals surface area contributed by atoms with Gasteiger partial charge in [0.1, 0.15) is 0 Å². The van der Waals surface area contributed by atoms with Crippen molar-refractivity contribution in [3.63, 3.8) is 0 Å². The Morgan fingerprint density at radius 2 is 1.95 bits per heavy atom. The van der Waals surface area contributed by atoms with E-state index in [1.54, 1.807) is 0 Å². The number of fused-ring (bicyclic) bond motifs is 1. The van der Waals surface area contributed by atoms with Crippen LogP contribution < -0.4 is 5.73 Å². The van der Waals surface area contributed by atoms with E-state index in [1.807, 2.05) is 0 Å². The maximum atomic E-state index is 6.11. The van der Waals surface area contributed by atoms with Crippen LogP contribution in [0.3, 0.4) is 0 Å². The van der Waals surface area contributed by atoms with Crippen LogP contribution in [-0.2, 0) is 19.3 Å². The van der Waals surface area contributed by atoms with Crippen molar-refractivity contribution in [2.45, 2.75) is 45.6 Å². The Morgan fingerprint density at radius 3 is 2.75 bits per heavy atom. The second kappa shape index (κ2) is 5.41. The minimum atomic E-state index is 0.254. The minimum absolute atomic E-state index is 0.254. The lowest BCUT2D eigenvalue weighted by Gasteiger charge is -2.11. The van der Waals surface area contributed by atoms with Crippen LogP contribution in [0, 0.1) is 6.92 Å². The van der Waals surface area contributed by atoms with Gasteiger partial charge in [-0.2, -0.15) is 0 Å². The summed E-state index contributed by atoms with van der Waals surface area (Å²) in [6.45, 7) is 4.40. The van der Waals surface area contributed by atoms with E-state index in [4.69, 9.17) is 5.73 Å².